The molecule has 21 nitrogen and oxygen atoms in total. The molecular weight excluding hydrogens is 680 g/mol. The van der Waals surface area contributed by atoms with Crippen molar-refractivity contribution in [2.24, 2.45) is 0 Å². The summed E-state index contributed by atoms with van der Waals surface area (Å²) in [4.78, 5) is 46.1. The van der Waals surface area contributed by atoms with Crippen LogP contribution >= 0.6 is 6.72 Å². The average Bonchev–Trinajstić information content (AvgIpc) is 3.75. The van der Waals surface area contributed by atoms with Gasteiger partial charge in [0.15, 0.2) is 41.3 Å². The lowest BCUT2D eigenvalue weighted by Gasteiger charge is -2.28. The molecular formula is C21H25FN11O10PS2. The topological polar surface area (TPSA) is 281 Å². The molecule has 3 saturated heterocycles. The third-order valence-corrected chi connectivity index (χ3v) is 10.1. The minimum absolute atomic E-state index is 0.00572. The molecule has 46 heavy (non-hydrogen) atoms. The summed E-state index contributed by atoms with van der Waals surface area (Å²) in [6, 6.07) is 0. The van der Waals surface area contributed by atoms with Crippen LogP contribution in [0.3, 0.4) is 0 Å². The van der Waals surface area contributed by atoms with E-state index in [1.54, 1.807) is 0 Å². The van der Waals surface area contributed by atoms with Gasteiger partial charge in [0.2, 0.25) is 5.95 Å². The molecule has 4 aromatic rings. The van der Waals surface area contributed by atoms with Gasteiger partial charge in [-0.2, -0.15) is 18.1 Å². The maximum Gasteiger partial charge on any atom is 0.336 e. The van der Waals surface area contributed by atoms with Crippen molar-refractivity contribution in [2.45, 2.75) is 49.1 Å². The third kappa shape index (κ3) is 5.43. The molecule has 248 valence electrons. The molecule has 2 bridgehead atoms. The van der Waals surface area contributed by atoms with Crippen LogP contribution in [-0.4, -0.2) is 109 Å². The Labute approximate surface area is 261 Å². The fraction of sp³-hybridized carbons (Fsp3) is 0.524. The van der Waals surface area contributed by atoms with E-state index in [0.29, 0.717) is 0 Å². The number of aromatic amines is 1. The van der Waals surface area contributed by atoms with E-state index in [9.17, 15) is 18.1 Å². The number of alkyl halides is 1. The van der Waals surface area contributed by atoms with Gasteiger partial charge in [-0.3, -0.25) is 23.4 Å². The maximum atomic E-state index is 16.0. The Kier molecular flexibility index (Phi) is 7.79. The van der Waals surface area contributed by atoms with Crippen molar-refractivity contribution in [2.75, 3.05) is 31.7 Å². The lowest BCUT2D eigenvalue weighted by molar-refractivity contribution is -0.0507. The number of nitrogens with two attached hydrogens (primary N) is 2. The number of nitrogens with one attached hydrogen (secondary N) is 2. The quantitative estimate of drug-likeness (QED) is 0.146. The SMILES string of the molecule is CO[C@H]1[C@H]2OP(O)(=S)OC[C@H]3O[C@@H](n4cnc5c(N)ncnc54)[C@H](F)[C@@H]3OS(=O)(=O)NC[C@H]1O[C@H]2n1cnc2c(=O)[nH]c(N)nc21. The zero-order chi connectivity index (χ0) is 32.5. The minimum atomic E-state index is -4.70. The van der Waals surface area contributed by atoms with Gasteiger partial charge in [-0.05, 0) is 11.8 Å². The molecule has 0 aliphatic carbocycles. The van der Waals surface area contributed by atoms with E-state index in [2.05, 4.69) is 34.6 Å². The molecule has 0 amide bonds. The number of nitrogen functional groups attached to an aromatic ring is 2. The van der Waals surface area contributed by atoms with Crippen molar-refractivity contribution in [3.05, 3.63) is 29.3 Å². The molecule has 3 aliphatic heterocycles. The summed E-state index contributed by atoms with van der Waals surface area (Å²) in [5.74, 6) is -0.184. The minimum Gasteiger partial charge on any atom is -0.382 e. The van der Waals surface area contributed by atoms with E-state index in [0.717, 1.165) is 6.33 Å². The lowest BCUT2D eigenvalue weighted by Crippen LogP contribution is -2.44. The molecule has 3 fully saturated rings. The molecule has 7 heterocycles. The Balaban J connectivity index is 1.22. The maximum absolute atomic E-state index is 16.0. The number of imidazole rings is 2. The van der Waals surface area contributed by atoms with Gasteiger partial charge in [0.05, 0.1) is 19.3 Å². The fourth-order valence-corrected chi connectivity index (χ4v) is 7.93. The van der Waals surface area contributed by atoms with Crippen LogP contribution < -0.4 is 21.7 Å². The monoisotopic (exact) mass is 705 g/mol. The van der Waals surface area contributed by atoms with Crippen LogP contribution in [0.2, 0.25) is 0 Å². The van der Waals surface area contributed by atoms with Crippen molar-refractivity contribution in [3.63, 3.8) is 0 Å². The smallest absolute Gasteiger partial charge is 0.336 e. The van der Waals surface area contributed by atoms with Crippen molar-refractivity contribution >= 4 is 62.9 Å². The summed E-state index contributed by atoms with van der Waals surface area (Å²) in [6.45, 7) is -5.40. The van der Waals surface area contributed by atoms with Crippen molar-refractivity contribution < 1.29 is 45.1 Å². The number of hydrogen-bond donors (Lipinski definition) is 5. The normalized spacial score (nSPS) is 35.0. The molecule has 7 rings (SSSR count). The highest BCUT2D eigenvalue weighted by molar-refractivity contribution is 8.07. The van der Waals surface area contributed by atoms with Crippen molar-refractivity contribution in [3.8, 4) is 0 Å². The van der Waals surface area contributed by atoms with Gasteiger partial charge >= 0.3 is 17.0 Å². The first-order valence-electron chi connectivity index (χ1n) is 13.3. The Morgan fingerprint density at radius 1 is 1.09 bits per heavy atom. The predicted molar refractivity (Wildman–Crippen MR) is 155 cm³/mol. The van der Waals surface area contributed by atoms with Crippen LogP contribution in [0.25, 0.3) is 22.3 Å². The third-order valence-electron chi connectivity index (χ3n) is 7.57. The van der Waals surface area contributed by atoms with E-state index in [1.807, 2.05) is 0 Å². The van der Waals surface area contributed by atoms with Crippen LogP contribution in [0.5, 0.6) is 0 Å². The molecule has 25 heteroatoms. The summed E-state index contributed by atoms with van der Waals surface area (Å²) < 4.78 is 81.2. The van der Waals surface area contributed by atoms with Gasteiger partial charge in [0.25, 0.3) is 5.56 Å². The van der Waals surface area contributed by atoms with Crippen LogP contribution in [0.4, 0.5) is 16.2 Å². The van der Waals surface area contributed by atoms with Crippen LogP contribution in [0, 0.1) is 0 Å². The van der Waals surface area contributed by atoms with Gasteiger partial charge in [-0.25, -0.2) is 28.5 Å². The Morgan fingerprint density at radius 3 is 2.57 bits per heavy atom. The number of fused-ring (bicyclic) bond motifs is 5. The second-order valence-corrected chi connectivity index (χ2v) is 14.5. The van der Waals surface area contributed by atoms with E-state index >= 15 is 4.39 Å². The van der Waals surface area contributed by atoms with E-state index in [1.165, 1.54) is 28.9 Å². The molecule has 0 radical (unpaired) electrons. The molecule has 4 aromatic heterocycles. The van der Waals surface area contributed by atoms with Crippen molar-refractivity contribution in [1.82, 2.24) is 43.8 Å². The zero-order valence-corrected chi connectivity index (χ0v) is 25.8. The predicted octanol–water partition coefficient (Wildman–Crippen LogP) is -1.88. The standard InChI is InChI=1S/C21H25FN11O10PS2/c1-38-13-7-2-29-46(36,37)43-12-8(41-19(9(12)22)32-5-27-10-15(23)25-4-26-16(10)32)3-39-44(35,45)42-14(13)20(40-7)33-6-28-11-17(33)30-21(24)31-18(11)34/h4-9,12-14,19-20,29H,2-3H2,1H3,(H,35,45)(H2,23,25,26)(H3,24,30,31,34)/t7-,8-,9-,12-,13-,14-,19-,20-,44?/m1/s1. The molecule has 0 aromatic carbocycles. The lowest BCUT2D eigenvalue weighted by atomic mass is 10.1. The summed E-state index contributed by atoms with van der Waals surface area (Å²) in [6.07, 6.45) is -7.99. The van der Waals surface area contributed by atoms with Crippen molar-refractivity contribution in [1.29, 1.82) is 0 Å². The highest BCUT2D eigenvalue weighted by atomic mass is 32.5. The first-order chi connectivity index (χ1) is 21.9. The number of nitrogens with zero attached hydrogens (tertiary/aromatic N) is 7. The highest BCUT2D eigenvalue weighted by Gasteiger charge is 2.53. The van der Waals surface area contributed by atoms with Crippen LogP contribution in [-0.2, 0) is 49.6 Å². The van der Waals surface area contributed by atoms with E-state index in [4.69, 9.17) is 50.7 Å². The Hall–Kier alpha value is -3.29. The highest BCUT2D eigenvalue weighted by Crippen LogP contribution is 2.51. The number of ether oxygens (including phenoxy) is 3. The largest absolute Gasteiger partial charge is 0.382 e. The summed E-state index contributed by atoms with van der Waals surface area (Å²) in [7, 11) is -3.40. The van der Waals surface area contributed by atoms with Gasteiger partial charge in [-0.1, -0.05) is 0 Å². The van der Waals surface area contributed by atoms with Gasteiger partial charge in [-0.15, -0.1) is 0 Å². The molecule has 0 spiro atoms. The summed E-state index contributed by atoms with van der Waals surface area (Å²) in [5.41, 5.74) is 11.1. The molecule has 3 aliphatic rings. The number of halogens is 1. The van der Waals surface area contributed by atoms with Crippen LogP contribution in [0.15, 0.2) is 23.8 Å². The fourth-order valence-electron chi connectivity index (χ4n) is 5.56. The van der Waals surface area contributed by atoms with Crippen LogP contribution in [0.1, 0.15) is 12.5 Å². The number of anilines is 2. The van der Waals surface area contributed by atoms with E-state index < -0.39 is 84.9 Å². The average molecular weight is 706 g/mol. The number of hydrogen-bond acceptors (Lipinski definition) is 17. The van der Waals surface area contributed by atoms with Gasteiger partial charge in [0.1, 0.15) is 42.4 Å². The second kappa shape index (κ2) is 11.4. The first-order valence-corrected chi connectivity index (χ1v) is 17.3. The molecule has 7 N–H and O–H groups in total. The summed E-state index contributed by atoms with van der Waals surface area (Å²) >= 11 is 5.29. The van der Waals surface area contributed by atoms with Gasteiger partial charge in [0, 0.05) is 13.7 Å². The van der Waals surface area contributed by atoms with Gasteiger partial charge < -0.3 is 35.1 Å². The number of methoxy groups -OCH3 is 1. The number of rotatable bonds is 3. The second-order valence-electron chi connectivity index (χ2n) is 10.3. The zero-order valence-electron chi connectivity index (χ0n) is 23.3. The first kappa shape index (κ1) is 31.3. The summed E-state index contributed by atoms with van der Waals surface area (Å²) in [5, 5.41) is 0. The number of aromatic nitrogens is 8. The molecule has 9 atom stereocenters. The Bertz CT molecular complexity index is 2030. The molecule has 0 saturated carbocycles. The number of H-pyrrole nitrogens is 1. The molecule has 1 unspecified atom stereocenters. The Morgan fingerprint density at radius 2 is 1.80 bits per heavy atom. The van der Waals surface area contributed by atoms with E-state index in [-0.39, 0.29) is 34.1 Å².